The van der Waals surface area contributed by atoms with Crippen molar-refractivity contribution in [2.45, 2.75) is 4.90 Å². The van der Waals surface area contributed by atoms with Crippen LogP contribution in [0.3, 0.4) is 0 Å². The fraction of sp³-hybridized carbons (Fsp3) is 0.278. The molecule has 2 aromatic carbocycles. The maximum absolute atomic E-state index is 13.8. The van der Waals surface area contributed by atoms with E-state index in [1.165, 1.54) is 23.1 Å². The molecule has 1 aliphatic heterocycles. The fourth-order valence-corrected chi connectivity index (χ4v) is 4.26. The van der Waals surface area contributed by atoms with Crippen LogP contribution < -0.4 is 4.74 Å². The Balaban J connectivity index is 1.59. The first kappa shape index (κ1) is 20.2. The number of rotatable bonds is 5. The van der Waals surface area contributed by atoms with E-state index in [-0.39, 0.29) is 38.5 Å². The van der Waals surface area contributed by atoms with Gasteiger partial charge in [0, 0.05) is 32.2 Å². The molecule has 0 aromatic heterocycles. The molecular weight excluding hydrogens is 397 g/mol. The van der Waals surface area contributed by atoms with Crippen LogP contribution in [0.5, 0.6) is 5.75 Å². The number of para-hydroxylation sites is 1. The van der Waals surface area contributed by atoms with Gasteiger partial charge in [0.2, 0.25) is 10.0 Å². The molecule has 3 rings (SSSR count). The first-order chi connectivity index (χ1) is 13.3. The maximum Gasteiger partial charge on any atom is 0.260 e. The van der Waals surface area contributed by atoms with Crippen LogP contribution in [-0.2, 0) is 14.8 Å². The molecule has 0 atom stereocenters. The zero-order valence-corrected chi connectivity index (χ0v) is 15.5. The number of amides is 1. The molecule has 150 valence electrons. The minimum absolute atomic E-state index is 0.0510. The molecule has 0 unspecified atom stereocenters. The van der Waals surface area contributed by atoms with E-state index in [0.29, 0.717) is 6.07 Å². The number of sulfonamides is 1. The smallest absolute Gasteiger partial charge is 0.260 e. The Labute approximate surface area is 160 Å². The normalized spacial score (nSPS) is 15.5. The predicted octanol–water partition coefficient (Wildman–Crippen LogP) is 2.02. The monoisotopic (exact) mass is 414 g/mol. The van der Waals surface area contributed by atoms with Crippen molar-refractivity contribution < 1.29 is 31.1 Å². The summed E-state index contributed by atoms with van der Waals surface area (Å²) in [4.78, 5) is 13.0. The third-order valence-corrected chi connectivity index (χ3v) is 6.22. The summed E-state index contributed by atoms with van der Waals surface area (Å²) in [5, 5.41) is 0. The Morgan fingerprint density at radius 3 is 2.29 bits per heavy atom. The molecule has 0 spiro atoms. The second-order valence-electron chi connectivity index (χ2n) is 6.08. The van der Waals surface area contributed by atoms with E-state index in [0.717, 1.165) is 16.4 Å². The van der Waals surface area contributed by atoms with Gasteiger partial charge in [-0.05, 0) is 24.3 Å². The molecule has 1 fully saturated rings. The summed E-state index contributed by atoms with van der Waals surface area (Å²) in [6.07, 6.45) is 0. The van der Waals surface area contributed by atoms with Crippen molar-refractivity contribution >= 4 is 15.9 Å². The van der Waals surface area contributed by atoms with Crippen LogP contribution in [0.15, 0.2) is 47.4 Å². The summed E-state index contributed by atoms with van der Waals surface area (Å²) in [5.41, 5.74) is 0. The van der Waals surface area contributed by atoms with Crippen LogP contribution in [0.1, 0.15) is 0 Å². The standard InChI is InChI=1S/C18H17F3N2O4S/c19-13-5-6-17(15(21)11-13)28(25,26)23-9-7-22(8-10-23)18(24)12-27-16-4-2-1-3-14(16)20/h1-6,11H,7-10,12H2. The number of piperazine rings is 1. The van der Waals surface area contributed by atoms with Gasteiger partial charge in [0.25, 0.3) is 5.91 Å². The van der Waals surface area contributed by atoms with E-state index in [4.69, 9.17) is 4.74 Å². The average molecular weight is 414 g/mol. The topological polar surface area (TPSA) is 66.9 Å². The molecule has 0 saturated carbocycles. The average Bonchev–Trinajstić information content (AvgIpc) is 2.67. The zero-order valence-electron chi connectivity index (χ0n) is 14.6. The van der Waals surface area contributed by atoms with Gasteiger partial charge < -0.3 is 9.64 Å². The number of halogens is 3. The largest absolute Gasteiger partial charge is 0.481 e. The Kier molecular flexibility index (Phi) is 5.90. The molecule has 0 bridgehead atoms. The molecule has 1 aliphatic rings. The number of ether oxygens (including phenoxy) is 1. The highest BCUT2D eigenvalue weighted by Crippen LogP contribution is 2.21. The molecule has 1 heterocycles. The molecule has 0 radical (unpaired) electrons. The first-order valence-corrected chi connectivity index (χ1v) is 9.83. The Hall–Kier alpha value is -2.59. The zero-order chi connectivity index (χ0) is 20.3. The number of benzene rings is 2. The number of nitrogens with zero attached hydrogens (tertiary/aromatic N) is 2. The summed E-state index contributed by atoms with van der Waals surface area (Å²) in [5.74, 6) is -3.11. The van der Waals surface area contributed by atoms with Gasteiger partial charge in [0.15, 0.2) is 18.2 Å². The molecule has 6 nitrogen and oxygen atoms in total. The summed E-state index contributed by atoms with van der Waals surface area (Å²) < 4.78 is 71.6. The number of hydrogen-bond donors (Lipinski definition) is 0. The molecule has 10 heteroatoms. The predicted molar refractivity (Wildman–Crippen MR) is 93.6 cm³/mol. The lowest BCUT2D eigenvalue weighted by Gasteiger charge is -2.34. The molecule has 0 aliphatic carbocycles. The lowest BCUT2D eigenvalue weighted by atomic mass is 10.3. The summed E-state index contributed by atoms with van der Waals surface area (Å²) in [6.45, 7) is -0.349. The minimum atomic E-state index is -4.15. The van der Waals surface area contributed by atoms with Gasteiger partial charge in [-0.2, -0.15) is 4.31 Å². The van der Waals surface area contributed by atoms with E-state index in [1.54, 1.807) is 6.07 Å². The summed E-state index contributed by atoms with van der Waals surface area (Å²) >= 11 is 0. The molecule has 0 N–H and O–H groups in total. The van der Waals surface area contributed by atoms with Crippen molar-refractivity contribution in [1.29, 1.82) is 0 Å². The van der Waals surface area contributed by atoms with E-state index >= 15 is 0 Å². The lowest BCUT2D eigenvalue weighted by Crippen LogP contribution is -2.51. The van der Waals surface area contributed by atoms with E-state index in [2.05, 4.69) is 0 Å². The SMILES string of the molecule is O=C(COc1ccccc1F)N1CCN(S(=O)(=O)c2ccc(F)cc2F)CC1. The third kappa shape index (κ3) is 4.28. The van der Waals surface area contributed by atoms with Crippen molar-refractivity contribution in [1.82, 2.24) is 9.21 Å². The van der Waals surface area contributed by atoms with Gasteiger partial charge in [-0.3, -0.25) is 4.79 Å². The van der Waals surface area contributed by atoms with Crippen molar-refractivity contribution in [3.63, 3.8) is 0 Å². The maximum atomic E-state index is 13.8. The van der Waals surface area contributed by atoms with Crippen LogP contribution in [0.4, 0.5) is 13.2 Å². The van der Waals surface area contributed by atoms with Gasteiger partial charge in [0.1, 0.15) is 16.5 Å². The van der Waals surface area contributed by atoms with Gasteiger partial charge in [-0.25, -0.2) is 21.6 Å². The Morgan fingerprint density at radius 2 is 1.64 bits per heavy atom. The lowest BCUT2D eigenvalue weighted by molar-refractivity contribution is -0.134. The fourth-order valence-electron chi connectivity index (χ4n) is 2.79. The van der Waals surface area contributed by atoms with Crippen molar-refractivity contribution in [2.24, 2.45) is 0 Å². The highest BCUT2D eigenvalue weighted by Gasteiger charge is 2.32. The molecule has 1 saturated heterocycles. The second-order valence-corrected chi connectivity index (χ2v) is 7.99. The highest BCUT2D eigenvalue weighted by molar-refractivity contribution is 7.89. The molecule has 1 amide bonds. The number of carbonyl (C=O) groups is 1. The number of hydrogen-bond acceptors (Lipinski definition) is 4. The molecule has 28 heavy (non-hydrogen) atoms. The number of carbonyl (C=O) groups excluding carboxylic acids is 1. The van der Waals surface area contributed by atoms with Gasteiger partial charge in [0.05, 0.1) is 0 Å². The molecule has 2 aromatic rings. The van der Waals surface area contributed by atoms with Crippen LogP contribution in [0.25, 0.3) is 0 Å². The van der Waals surface area contributed by atoms with Gasteiger partial charge in [-0.15, -0.1) is 0 Å². The first-order valence-electron chi connectivity index (χ1n) is 8.39. The van der Waals surface area contributed by atoms with Crippen LogP contribution in [-0.4, -0.2) is 56.3 Å². The third-order valence-electron chi connectivity index (χ3n) is 4.29. The Morgan fingerprint density at radius 1 is 0.964 bits per heavy atom. The van der Waals surface area contributed by atoms with E-state index in [1.807, 2.05) is 0 Å². The van der Waals surface area contributed by atoms with Crippen LogP contribution >= 0.6 is 0 Å². The Bertz CT molecular complexity index is 977. The summed E-state index contributed by atoms with van der Waals surface area (Å²) in [7, 11) is -4.15. The highest BCUT2D eigenvalue weighted by atomic mass is 32.2. The van der Waals surface area contributed by atoms with Crippen LogP contribution in [0.2, 0.25) is 0 Å². The minimum Gasteiger partial charge on any atom is -0.481 e. The summed E-state index contributed by atoms with van der Waals surface area (Å²) in [6, 6.07) is 7.92. The molecular formula is C18H17F3N2O4S. The van der Waals surface area contributed by atoms with Crippen molar-refractivity contribution in [3.05, 3.63) is 59.9 Å². The second kappa shape index (κ2) is 8.19. The van der Waals surface area contributed by atoms with Crippen LogP contribution in [0, 0.1) is 17.5 Å². The van der Waals surface area contributed by atoms with E-state index < -0.39 is 38.3 Å². The van der Waals surface area contributed by atoms with Crippen molar-refractivity contribution in [3.8, 4) is 5.75 Å². The van der Waals surface area contributed by atoms with Gasteiger partial charge in [-0.1, -0.05) is 12.1 Å². The van der Waals surface area contributed by atoms with Crippen molar-refractivity contribution in [2.75, 3.05) is 32.8 Å². The quantitative estimate of drug-likeness (QED) is 0.751. The van der Waals surface area contributed by atoms with E-state index in [9.17, 15) is 26.4 Å². The van der Waals surface area contributed by atoms with Gasteiger partial charge >= 0.3 is 0 Å².